The lowest BCUT2D eigenvalue weighted by molar-refractivity contribution is 0.281. The van der Waals surface area contributed by atoms with Gasteiger partial charge in [0.15, 0.2) is 0 Å². The van der Waals surface area contributed by atoms with Crippen LogP contribution in [0.2, 0.25) is 0 Å². The van der Waals surface area contributed by atoms with Gasteiger partial charge in [0.2, 0.25) is 10.0 Å². The Morgan fingerprint density at radius 3 is 2.65 bits per heavy atom. The molecule has 0 atom stereocenters. The number of hydrogen-bond donors (Lipinski definition) is 1. The number of nitrogens with zero attached hydrogens (tertiary/aromatic N) is 1. The molecular formula is C14H21NO4S. The molecule has 1 aromatic rings. The van der Waals surface area contributed by atoms with Crippen LogP contribution in [0.25, 0.3) is 0 Å². The van der Waals surface area contributed by atoms with E-state index in [9.17, 15) is 13.5 Å². The van der Waals surface area contributed by atoms with E-state index in [1.54, 1.807) is 18.2 Å². The van der Waals surface area contributed by atoms with Crippen LogP contribution in [-0.4, -0.2) is 38.0 Å². The summed E-state index contributed by atoms with van der Waals surface area (Å²) in [4.78, 5) is 0.0712. The standard InChI is InChI=1S/C14H21NO4S/c1-4-8-15(9-5-2)20(17,18)14-10-12(11-16)6-7-13(14)19-3/h4,6-7,10,16H,1,5,8-9,11H2,2-3H3. The summed E-state index contributed by atoms with van der Waals surface area (Å²) >= 11 is 0. The van der Waals surface area contributed by atoms with Crippen molar-refractivity contribution >= 4 is 10.0 Å². The van der Waals surface area contributed by atoms with Crippen LogP contribution in [0.4, 0.5) is 0 Å². The van der Waals surface area contributed by atoms with Gasteiger partial charge in [-0.1, -0.05) is 19.1 Å². The van der Waals surface area contributed by atoms with Crippen molar-refractivity contribution in [3.8, 4) is 5.75 Å². The Hall–Kier alpha value is -1.37. The van der Waals surface area contributed by atoms with Crippen molar-refractivity contribution in [1.82, 2.24) is 4.31 Å². The molecule has 0 unspecified atom stereocenters. The third-order valence-electron chi connectivity index (χ3n) is 2.83. The molecule has 0 aliphatic carbocycles. The summed E-state index contributed by atoms with van der Waals surface area (Å²) < 4.78 is 31.8. The van der Waals surface area contributed by atoms with Crippen LogP contribution in [0, 0.1) is 0 Å². The summed E-state index contributed by atoms with van der Waals surface area (Å²) in [5.41, 5.74) is 0.527. The highest BCUT2D eigenvalue weighted by Gasteiger charge is 2.26. The summed E-state index contributed by atoms with van der Waals surface area (Å²) in [5, 5.41) is 9.17. The Bertz CT molecular complexity index is 554. The Labute approximate surface area is 120 Å². The SMILES string of the molecule is C=CCN(CCC)S(=O)(=O)c1cc(CO)ccc1OC. The maximum Gasteiger partial charge on any atom is 0.247 e. The highest BCUT2D eigenvalue weighted by Crippen LogP contribution is 2.28. The molecule has 5 nitrogen and oxygen atoms in total. The molecule has 1 aromatic carbocycles. The molecule has 20 heavy (non-hydrogen) atoms. The van der Waals surface area contributed by atoms with Crippen LogP contribution in [0.1, 0.15) is 18.9 Å². The summed E-state index contributed by atoms with van der Waals surface area (Å²) in [6.07, 6.45) is 2.25. The van der Waals surface area contributed by atoms with Gasteiger partial charge in [-0.15, -0.1) is 6.58 Å². The molecule has 0 saturated heterocycles. The predicted molar refractivity (Wildman–Crippen MR) is 78.2 cm³/mol. The lowest BCUT2D eigenvalue weighted by atomic mass is 10.2. The van der Waals surface area contributed by atoms with Gasteiger partial charge in [0.25, 0.3) is 0 Å². The van der Waals surface area contributed by atoms with Gasteiger partial charge in [-0.2, -0.15) is 4.31 Å². The number of ether oxygens (including phenoxy) is 1. The molecule has 0 saturated carbocycles. The van der Waals surface area contributed by atoms with E-state index in [2.05, 4.69) is 6.58 Å². The summed E-state index contributed by atoms with van der Waals surface area (Å²) in [6, 6.07) is 4.63. The summed E-state index contributed by atoms with van der Waals surface area (Å²) in [5.74, 6) is 0.271. The van der Waals surface area contributed by atoms with Crippen LogP contribution in [0.5, 0.6) is 5.75 Å². The van der Waals surface area contributed by atoms with Crippen LogP contribution in [0.3, 0.4) is 0 Å². The van der Waals surface area contributed by atoms with Crippen molar-refractivity contribution in [3.63, 3.8) is 0 Å². The molecule has 0 aliphatic heterocycles. The molecule has 112 valence electrons. The zero-order valence-electron chi connectivity index (χ0n) is 11.9. The molecule has 0 radical (unpaired) electrons. The molecule has 1 rings (SSSR count). The van der Waals surface area contributed by atoms with Crippen molar-refractivity contribution in [2.45, 2.75) is 24.8 Å². The normalized spacial score (nSPS) is 11.6. The highest BCUT2D eigenvalue weighted by molar-refractivity contribution is 7.89. The Morgan fingerprint density at radius 2 is 2.15 bits per heavy atom. The third-order valence-corrected chi connectivity index (χ3v) is 4.72. The summed E-state index contributed by atoms with van der Waals surface area (Å²) in [6.45, 7) is 5.92. The Morgan fingerprint density at radius 1 is 1.45 bits per heavy atom. The monoisotopic (exact) mass is 299 g/mol. The number of benzene rings is 1. The quantitative estimate of drug-likeness (QED) is 0.743. The first kappa shape index (κ1) is 16.7. The van der Waals surface area contributed by atoms with Gasteiger partial charge in [0.05, 0.1) is 13.7 Å². The first-order valence-corrected chi connectivity index (χ1v) is 7.84. The van der Waals surface area contributed by atoms with E-state index in [0.29, 0.717) is 18.5 Å². The van der Waals surface area contributed by atoms with Gasteiger partial charge in [0, 0.05) is 13.1 Å². The zero-order chi connectivity index (χ0) is 15.2. The number of aliphatic hydroxyl groups excluding tert-OH is 1. The van der Waals surface area contributed by atoms with E-state index in [-0.39, 0.29) is 23.8 Å². The second-order valence-electron chi connectivity index (χ2n) is 4.30. The predicted octanol–water partition coefficient (Wildman–Crippen LogP) is 1.77. The Balaban J connectivity index is 3.34. The maximum absolute atomic E-state index is 12.7. The molecular weight excluding hydrogens is 278 g/mol. The fraction of sp³-hybridized carbons (Fsp3) is 0.429. The van der Waals surface area contributed by atoms with E-state index >= 15 is 0 Å². The van der Waals surface area contributed by atoms with Crippen LogP contribution >= 0.6 is 0 Å². The van der Waals surface area contributed by atoms with Gasteiger partial charge in [-0.05, 0) is 24.1 Å². The molecule has 0 spiro atoms. The van der Waals surface area contributed by atoms with Crippen molar-refractivity contribution in [2.24, 2.45) is 0 Å². The Kier molecular flexibility index (Phi) is 6.19. The average molecular weight is 299 g/mol. The van der Waals surface area contributed by atoms with E-state index in [0.717, 1.165) is 0 Å². The van der Waals surface area contributed by atoms with E-state index in [1.807, 2.05) is 6.92 Å². The maximum atomic E-state index is 12.7. The first-order valence-electron chi connectivity index (χ1n) is 6.40. The minimum Gasteiger partial charge on any atom is -0.495 e. The highest BCUT2D eigenvalue weighted by atomic mass is 32.2. The largest absolute Gasteiger partial charge is 0.495 e. The molecule has 0 aromatic heterocycles. The third kappa shape index (κ3) is 3.59. The lowest BCUT2D eigenvalue weighted by Crippen LogP contribution is -2.32. The number of aliphatic hydroxyl groups is 1. The van der Waals surface area contributed by atoms with Gasteiger partial charge < -0.3 is 9.84 Å². The number of rotatable bonds is 8. The summed E-state index contributed by atoms with van der Waals surface area (Å²) in [7, 11) is -2.25. The molecule has 1 N–H and O–H groups in total. The number of methoxy groups -OCH3 is 1. The van der Waals surface area contributed by atoms with Crippen LogP contribution in [0.15, 0.2) is 35.7 Å². The van der Waals surface area contributed by atoms with Crippen molar-refractivity contribution < 1.29 is 18.3 Å². The average Bonchev–Trinajstić information content (AvgIpc) is 2.46. The molecule has 0 bridgehead atoms. The van der Waals surface area contributed by atoms with Crippen molar-refractivity contribution in [3.05, 3.63) is 36.4 Å². The van der Waals surface area contributed by atoms with Gasteiger partial charge in [0.1, 0.15) is 10.6 Å². The second-order valence-corrected chi connectivity index (χ2v) is 6.20. The second kappa shape index (κ2) is 7.42. The molecule has 0 amide bonds. The van der Waals surface area contributed by atoms with E-state index < -0.39 is 10.0 Å². The molecule has 0 heterocycles. The lowest BCUT2D eigenvalue weighted by Gasteiger charge is -2.21. The van der Waals surface area contributed by atoms with Crippen molar-refractivity contribution in [2.75, 3.05) is 20.2 Å². The topological polar surface area (TPSA) is 66.8 Å². The molecule has 0 aliphatic rings. The van der Waals surface area contributed by atoms with Gasteiger partial charge in [-0.3, -0.25) is 0 Å². The van der Waals surface area contributed by atoms with Crippen molar-refractivity contribution in [1.29, 1.82) is 0 Å². The molecule has 0 fully saturated rings. The fourth-order valence-electron chi connectivity index (χ4n) is 1.86. The van der Waals surface area contributed by atoms with Crippen LogP contribution < -0.4 is 4.74 Å². The minimum atomic E-state index is -3.67. The fourth-order valence-corrected chi connectivity index (χ4v) is 3.57. The van der Waals surface area contributed by atoms with E-state index in [4.69, 9.17) is 4.74 Å². The number of sulfonamides is 1. The minimum absolute atomic E-state index is 0.0712. The number of hydrogen-bond acceptors (Lipinski definition) is 4. The van der Waals surface area contributed by atoms with Gasteiger partial charge in [-0.25, -0.2) is 8.42 Å². The van der Waals surface area contributed by atoms with E-state index in [1.165, 1.54) is 17.5 Å². The smallest absolute Gasteiger partial charge is 0.247 e. The molecule has 6 heteroatoms. The van der Waals surface area contributed by atoms with Crippen LogP contribution in [-0.2, 0) is 16.6 Å². The van der Waals surface area contributed by atoms with Gasteiger partial charge >= 0.3 is 0 Å². The first-order chi connectivity index (χ1) is 9.51. The zero-order valence-corrected chi connectivity index (χ0v) is 12.7.